The summed E-state index contributed by atoms with van der Waals surface area (Å²) in [6, 6.07) is 1.95. The van der Waals surface area contributed by atoms with Gasteiger partial charge in [-0.3, -0.25) is 9.59 Å². The van der Waals surface area contributed by atoms with E-state index in [0.29, 0.717) is 12.8 Å². The van der Waals surface area contributed by atoms with E-state index in [1.807, 2.05) is 6.07 Å². The largest absolute Gasteiger partial charge is 0.481 e. The number of aryl methyl sites for hydroxylation is 1. The fourth-order valence-electron chi connectivity index (χ4n) is 3.58. The molecule has 1 aromatic heterocycles. The van der Waals surface area contributed by atoms with E-state index in [9.17, 15) is 9.59 Å². The molecule has 1 aromatic rings. The summed E-state index contributed by atoms with van der Waals surface area (Å²) in [5.74, 6) is -0.344. The summed E-state index contributed by atoms with van der Waals surface area (Å²) in [4.78, 5) is 23.5. The number of hydrogen-bond acceptors (Lipinski definition) is 3. The number of aliphatic carboxylic acids is 1. The lowest BCUT2D eigenvalue weighted by Gasteiger charge is -2.29. The molecule has 0 aromatic carbocycles. The lowest BCUT2D eigenvalue weighted by Crippen LogP contribution is -2.38. The number of fused-ring (bicyclic) bond motifs is 1. The fraction of sp³-hybridized carbons (Fsp3) is 0.625. The first-order chi connectivity index (χ1) is 10.1. The maximum atomic E-state index is 12.4. The predicted molar refractivity (Wildman–Crippen MR) is 75.6 cm³/mol. The van der Waals surface area contributed by atoms with Crippen LogP contribution in [0, 0.1) is 11.8 Å². The molecule has 5 heteroatoms. The molecule has 2 N–H and O–H groups in total. The molecule has 0 radical (unpaired) electrons. The second-order valence-corrected chi connectivity index (χ2v) is 6.15. The predicted octanol–water partition coefficient (Wildman–Crippen LogP) is 2.66. The Morgan fingerprint density at radius 2 is 2.00 bits per heavy atom. The molecule has 1 amide bonds. The molecule has 0 bridgehead atoms. The van der Waals surface area contributed by atoms with Crippen LogP contribution in [-0.4, -0.2) is 17.0 Å². The minimum atomic E-state index is -0.776. The summed E-state index contributed by atoms with van der Waals surface area (Å²) >= 11 is 0. The molecular formula is C16H21NO4. The summed E-state index contributed by atoms with van der Waals surface area (Å²) in [6.45, 7) is 0. The number of carboxylic acids is 1. The molecule has 3 unspecified atom stereocenters. The first-order valence-electron chi connectivity index (χ1n) is 7.74. The van der Waals surface area contributed by atoms with Crippen molar-refractivity contribution < 1.29 is 19.1 Å². The van der Waals surface area contributed by atoms with E-state index in [1.54, 1.807) is 6.26 Å². The molecule has 1 saturated carbocycles. The summed E-state index contributed by atoms with van der Waals surface area (Å²) in [5, 5.41) is 12.2. The zero-order valence-electron chi connectivity index (χ0n) is 12.0. The van der Waals surface area contributed by atoms with Gasteiger partial charge in [-0.1, -0.05) is 6.42 Å². The van der Waals surface area contributed by atoms with E-state index < -0.39 is 5.97 Å². The first-order valence-corrected chi connectivity index (χ1v) is 7.74. The highest BCUT2D eigenvalue weighted by Crippen LogP contribution is 2.33. The van der Waals surface area contributed by atoms with Crippen molar-refractivity contribution in [1.82, 2.24) is 5.32 Å². The standard InChI is InChI=1S/C16H21NO4/c18-15(10-3-1-4-11(9-10)16(19)20)17-13-5-2-6-14-12(13)7-8-21-14/h7-8,10-11,13H,1-6,9H2,(H,17,18)(H,19,20). The minimum absolute atomic E-state index is 0.000000000000000222. The van der Waals surface area contributed by atoms with Crippen LogP contribution < -0.4 is 5.32 Å². The Labute approximate surface area is 123 Å². The molecular weight excluding hydrogens is 270 g/mol. The van der Waals surface area contributed by atoms with Crippen LogP contribution in [0.3, 0.4) is 0 Å². The smallest absolute Gasteiger partial charge is 0.306 e. The number of carbonyl (C=O) groups excluding carboxylic acids is 1. The van der Waals surface area contributed by atoms with Crippen LogP contribution in [0.2, 0.25) is 0 Å². The Kier molecular flexibility index (Phi) is 3.99. The molecule has 1 fully saturated rings. The Hall–Kier alpha value is -1.78. The van der Waals surface area contributed by atoms with Crippen LogP contribution in [0.4, 0.5) is 0 Å². The number of hydrogen-bond donors (Lipinski definition) is 2. The van der Waals surface area contributed by atoms with Crippen molar-refractivity contribution >= 4 is 11.9 Å². The second kappa shape index (κ2) is 5.92. The van der Waals surface area contributed by atoms with E-state index in [0.717, 1.165) is 43.4 Å². The molecule has 5 nitrogen and oxygen atoms in total. The van der Waals surface area contributed by atoms with Gasteiger partial charge in [0.05, 0.1) is 18.2 Å². The highest BCUT2D eigenvalue weighted by Gasteiger charge is 2.33. The number of rotatable bonds is 3. The average Bonchev–Trinajstić information content (AvgIpc) is 2.97. The molecule has 3 atom stereocenters. The highest BCUT2D eigenvalue weighted by atomic mass is 16.4. The fourth-order valence-corrected chi connectivity index (χ4v) is 3.58. The number of furan rings is 1. The SMILES string of the molecule is O=C(O)C1CCCC(C(=O)NC2CCCc3occc32)C1. The number of carboxylic acid groups (broad SMARTS) is 1. The van der Waals surface area contributed by atoms with E-state index in [2.05, 4.69) is 5.32 Å². The topological polar surface area (TPSA) is 79.5 Å². The van der Waals surface area contributed by atoms with Gasteiger partial charge in [0.2, 0.25) is 5.91 Å². The number of amides is 1. The van der Waals surface area contributed by atoms with Crippen molar-refractivity contribution in [3.63, 3.8) is 0 Å². The van der Waals surface area contributed by atoms with Crippen LogP contribution in [0.15, 0.2) is 16.7 Å². The summed E-state index contributed by atoms with van der Waals surface area (Å²) in [7, 11) is 0. The summed E-state index contributed by atoms with van der Waals surface area (Å²) < 4.78 is 5.43. The molecule has 2 aliphatic rings. The Balaban J connectivity index is 1.63. The van der Waals surface area contributed by atoms with Crippen LogP contribution in [-0.2, 0) is 16.0 Å². The Morgan fingerprint density at radius 3 is 2.81 bits per heavy atom. The molecule has 0 aliphatic heterocycles. The zero-order chi connectivity index (χ0) is 14.8. The van der Waals surface area contributed by atoms with Gasteiger partial charge in [-0.2, -0.15) is 0 Å². The van der Waals surface area contributed by atoms with Gasteiger partial charge in [0, 0.05) is 17.9 Å². The lowest BCUT2D eigenvalue weighted by molar-refractivity contribution is -0.144. The molecule has 114 valence electrons. The molecule has 0 spiro atoms. The van der Waals surface area contributed by atoms with Crippen LogP contribution >= 0.6 is 0 Å². The number of carbonyl (C=O) groups is 2. The maximum absolute atomic E-state index is 12.4. The highest BCUT2D eigenvalue weighted by molar-refractivity contribution is 5.80. The summed E-state index contributed by atoms with van der Waals surface area (Å²) in [5.41, 5.74) is 1.08. The van der Waals surface area contributed by atoms with E-state index in [1.165, 1.54) is 0 Å². The quantitative estimate of drug-likeness (QED) is 0.897. The molecule has 21 heavy (non-hydrogen) atoms. The molecule has 3 rings (SSSR count). The van der Waals surface area contributed by atoms with Crippen molar-refractivity contribution in [2.45, 2.75) is 51.0 Å². The van der Waals surface area contributed by atoms with Crippen molar-refractivity contribution in [1.29, 1.82) is 0 Å². The van der Waals surface area contributed by atoms with Gasteiger partial charge >= 0.3 is 5.97 Å². The second-order valence-electron chi connectivity index (χ2n) is 6.15. The van der Waals surface area contributed by atoms with Gasteiger partial charge in [-0.05, 0) is 38.2 Å². The Morgan fingerprint density at radius 1 is 1.19 bits per heavy atom. The normalized spacial score (nSPS) is 28.7. The van der Waals surface area contributed by atoms with Crippen molar-refractivity contribution in [3.05, 3.63) is 23.7 Å². The minimum Gasteiger partial charge on any atom is -0.481 e. The maximum Gasteiger partial charge on any atom is 0.306 e. The molecule has 1 heterocycles. The van der Waals surface area contributed by atoms with Gasteiger partial charge in [0.1, 0.15) is 5.76 Å². The van der Waals surface area contributed by atoms with E-state index in [4.69, 9.17) is 9.52 Å². The zero-order valence-corrected chi connectivity index (χ0v) is 12.0. The molecule has 2 aliphatic carbocycles. The van der Waals surface area contributed by atoms with Gasteiger partial charge in [-0.25, -0.2) is 0 Å². The van der Waals surface area contributed by atoms with Crippen LogP contribution in [0.1, 0.15) is 55.9 Å². The van der Waals surface area contributed by atoms with E-state index in [-0.39, 0.29) is 23.8 Å². The van der Waals surface area contributed by atoms with Crippen LogP contribution in [0.25, 0.3) is 0 Å². The monoisotopic (exact) mass is 291 g/mol. The van der Waals surface area contributed by atoms with Crippen molar-refractivity contribution in [3.8, 4) is 0 Å². The molecule has 0 saturated heterocycles. The summed E-state index contributed by atoms with van der Waals surface area (Å²) in [6.07, 6.45) is 7.30. The first kappa shape index (κ1) is 14.2. The third-order valence-corrected chi connectivity index (χ3v) is 4.76. The van der Waals surface area contributed by atoms with Crippen molar-refractivity contribution in [2.75, 3.05) is 0 Å². The van der Waals surface area contributed by atoms with Gasteiger partial charge in [0.15, 0.2) is 0 Å². The lowest BCUT2D eigenvalue weighted by atomic mass is 9.80. The Bertz CT molecular complexity index is 536. The third-order valence-electron chi connectivity index (χ3n) is 4.76. The van der Waals surface area contributed by atoms with E-state index >= 15 is 0 Å². The van der Waals surface area contributed by atoms with Gasteiger partial charge in [-0.15, -0.1) is 0 Å². The van der Waals surface area contributed by atoms with Crippen molar-refractivity contribution in [2.24, 2.45) is 11.8 Å². The van der Waals surface area contributed by atoms with Gasteiger partial charge < -0.3 is 14.8 Å². The average molecular weight is 291 g/mol. The van der Waals surface area contributed by atoms with Crippen LogP contribution in [0.5, 0.6) is 0 Å². The third kappa shape index (κ3) is 2.96. The number of nitrogens with one attached hydrogen (secondary N) is 1. The van der Waals surface area contributed by atoms with Gasteiger partial charge in [0.25, 0.3) is 0 Å².